The molecule has 2 saturated carbocycles. The van der Waals surface area contributed by atoms with Gasteiger partial charge in [-0.3, -0.25) is 9.89 Å². The fourth-order valence-corrected chi connectivity index (χ4v) is 5.69. The maximum absolute atomic E-state index is 13.6. The Hall–Kier alpha value is -2.17. The zero-order valence-corrected chi connectivity index (χ0v) is 16.8. The second-order valence-electron chi connectivity index (χ2n) is 9.15. The van der Waals surface area contributed by atoms with Crippen LogP contribution in [0, 0.1) is 5.41 Å². The van der Waals surface area contributed by atoms with E-state index in [0.717, 1.165) is 50.4 Å². The summed E-state index contributed by atoms with van der Waals surface area (Å²) < 4.78 is 0. The number of nitrogens with zero attached hydrogens (tertiary/aromatic N) is 3. The van der Waals surface area contributed by atoms with Gasteiger partial charge in [0, 0.05) is 25.4 Å². The van der Waals surface area contributed by atoms with Gasteiger partial charge in [-0.15, -0.1) is 0 Å². The molecule has 1 aromatic carbocycles. The van der Waals surface area contributed by atoms with E-state index in [2.05, 4.69) is 46.3 Å². The van der Waals surface area contributed by atoms with Crippen LogP contribution in [0.5, 0.6) is 0 Å². The first-order chi connectivity index (χ1) is 13.7. The molecule has 5 heteroatoms. The van der Waals surface area contributed by atoms with Gasteiger partial charge in [-0.25, -0.2) is 4.98 Å². The second-order valence-corrected chi connectivity index (χ2v) is 9.15. The smallest absolute Gasteiger partial charge is 0.233 e. The lowest BCUT2D eigenvalue weighted by Crippen LogP contribution is -2.39. The second kappa shape index (κ2) is 6.71. The Kier molecular flexibility index (Phi) is 4.29. The van der Waals surface area contributed by atoms with Gasteiger partial charge in [0.15, 0.2) is 5.82 Å². The molecule has 5 nitrogen and oxygen atoms in total. The van der Waals surface area contributed by atoms with Crippen molar-refractivity contribution in [3.05, 3.63) is 47.5 Å². The fourth-order valence-electron chi connectivity index (χ4n) is 5.69. The van der Waals surface area contributed by atoms with Crippen molar-refractivity contribution in [3.8, 4) is 0 Å². The van der Waals surface area contributed by atoms with Crippen LogP contribution >= 0.6 is 0 Å². The van der Waals surface area contributed by atoms with E-state index >= 15 is 0 Å². The summed E-state index contributed by atoms with van der Waals surface area (Å²) in [5, 5.41) is 7.73. The average molecular weight is 379 g/mol. The molecule has 5 rings (SSSR count). The SMILES string of the molecule is CCCc1nc(C2CN(C(=O)C3(c4ccccc4)CC3)CC23CCCC3)n[nH]1. The van der Waals surface area contributed by atoms with E-state index in [1.165, 1.54) is 31.2 Å². The van der Waals surface area contributed by atoms with Gasteiger partial charge in [-0.2, -0.15) is 5.10 Å². The van der Waals surface area contributed by atoms with Gasteiger partial charge >= 0.3 is 0 Å². The van der Waals surface area contributed by atoms with Crippen molar-refractivity contribution in [2.75, 3.05) is 13.1 Å². The Morgan fingerprint density at radius 2 is 1.93 bits per heavy atom. The van der Waals surface area contributed by atoms with Crippen LogP contribution in [0.15, 0.2) is 30.3 Å². The van der Waals surface area contributed by atoms with Crippen molar-refractivity contribution in [3.63, 3.8) is 0 Å². The number of likely N-dealkylation sites (tertiary alicyclic amines) is 1. The van der Waals surface area contributed by atoms with E-state index in [1.54, 1.807) is 0 Å². The number of amides is 1. The molecule has 2 heterocycles. The van der Waals surface area contributed by atoms with Crippen LogP contribution in [0.3, 0.4) is 0 Å². The Morgan fingerprint density at radius 1 is 1.18 bits per heavy atom. The molecular weight excluding hydrogens is 348 g/mol. The first-order valence-electron chi connectivity index (χ1n) is 10.9. The van der Waals surface area contributed by atoms with E-state index < -0.39 is 0 Å². The lowest BCUT2D eigenvalue weighted by Gasteiger charge is -2.28. The quantitative estimate of drug-likeness (QED) is 0.856. The van der Waals surface area contributed by atoms with E-state index in [0.29, 0.717) is 5.91 Å². The number of benzene rings is 1. The van der Waals surface area contributed by atoms with Crippen molar-refractivity contribution in [1.29, 1.82) is 0 Å². The van der Waals surface area contributed by atoms with Gasteiger partial charge in [0.05, 0.1) is 5.41 Å². The van der Waals surface area contributed by atoms with Gasteiger partial charge in [-0.1, -0.05) is 50.1 Å². The Morgan fingerprint density at radius 3 is 2.61 bits per heavy atom. The maximum atomic E-state index is 13.6. The topological polar surface area (TPSA) is 61.9 Å². The van der Waals surface area contributed by atoms with Gasteiger partial charge in [0.2, 0.25) is 5.91 Å². The number of aromatic nitrogens is 3. The van der Waals surface area contributed by atoms with Crippen LogP contribution in [-0.2, 0) is 16.6 Å². The number of H-pyrrole nitrogens is 1. The zero-order valence-electron chi connectivity index (χ0n) is 16.8. The Labute approximate surface area is 166 Å². The van der Waals surface area contributed by atoms with Crippen LogP contribution in [0.2, 0.25) is 0 Å². The number of nitrogens with one attached hydrogen (secondary N) is 1. The molecule has 1 aliphatic heterocycles. The summed E-state index contributed by atoms with van der Waals surface area (Å²) in [6.45, 7) is 3.81. The minimum atomic E-state index is -0.275. The molecule has 1 atom stereocenters. The molecule has 1 unspecified atom stereocenters. The molecular formula is C23H30N4O. The summed E-state index contributed by atoms with van der Waals surface area (Å²) in [5.41, 5.74) is 1.09. The lowest BCUT2D eigenvalue weighted by atomic mass is 9.76. The van der Waals surface area contributed by atoms with Crippen LogP contribution in [0.25, 0.3) is 0 Å². The monoisotopic (exact) mass is 378 g/mol. The van der Waals surface area contributed by atoms with Crippen LogP contribution in [0.4, 0.5) is 0 Å². The number of rotatable bonds is 5. The normalized spacial score (nSPS) is 24.8. The van der Waals surface area contributed by atoms with Crippen LogP contribution in [-0.4, -0.2) is 39.1 Å². The molecule has 2 aliphatic carbocycles. The molecule has 0 bridgehead atoms. The molecule has 3 fully saturated rings. The van der Waals surface area contributed by atoms with Crippen LogP contribution in [0.1, 0.15) is 75.0 Å². The van der Waals surface area contributed by atoms with Crippen molar-refractivity contribution < 1.29 is 4.79 Å². The van der Waals surface area contributed by atoms with Crippen molar-refractivity contribution in [2.24, 2.45) is 5.41 Å². The summed E-state index contributed by atoms with van der Waals surface area (Å²) in [5.74, 6) is 2.52. The highest BCUT2D eigenvalue weighted by Gasteiger charge is 2.58. The minimum absolute atomic E-state index is 0.175. The number of carbonyl (C=O) groups excluding carboxylic acids is 1. The average Bonchev–Trinajstić information content (AvgIpc) is 3.06. The standard InChI is InChI=1S/C23H30N4O/c1-2-8-19-24-20(26-25-19)18-15-27(16-22(18)11-6-7-12-22)21(28)23(13-14-23)17-9-4-3-5-10-17/h3-5,9-10,18H,2,6-8,11-16H2,1H3,(H,24,25,26). The molecule has 28 heavy (non-hydrogen) atoms. The highest BCUT2D eigenvalue weighted by atomic mass is 16.2. The number of carbonyl (C=O) groups is 1. The molecule has 1 aromatic heterocycles. The predicted molar refractivity (Wildman–Crippen MR) is 108 cm³/mol. The zero-order chi connectivity index (χ0) is 19.2. The molecule has 148 valence electrons. The fraction of sp³-hybridized carbons (Fsp3) is 0.609. The molecule has 3 aliphatic rings. The third-order valence-electron chi connectivity index (χ3n) is 7.37. The highest BCUT2D eigenvalue weighted by Crippen LogP contribution is 2.56. The molecule has 0 radical (unpaired) electrons. The minimum Gasteiger partial charge on any atom is -0.341 e. The summed E-state index contributed by atoms with van der Waals surface area (Å²) in [7, 11) is 0. The van der Waals surface area contributed by atoms with Crippen molar-refractivity contribution >= 4 is 5.91 Å². The van der Waals surface area contributed by atoms with Gasteiger partial charge in [-0.05, 0) is 43.1 Å². The van der Waals surface area contributed by atoms with Crippen LogP contribution < -0.4 is 0 Å². The summed E-state index contributed by atoms with van der Waals surface area (Å²) in [4.78, 5) is 20.6. The molecule has 1 amide bonds. The molecule has 1 spiro atoms. The third kappa shape index (κ3) is 2.78. The number of hydrogen-bond donors (Lipinski definition) is 1. The lowest BCUT2D eigenvalue weighted by molar-refractivity contribution is -0.133. The number of aryl methyl sites for hydroxylation is 1. The number of hydrogen-bond acceptors (Lipinski definition) is 3. The maximum Gasteiger partial charge on any atom is 0.233 e. The summed E-state index contributed by atoms with van der Waals surface area (Å²) in [6.07, 6.45) is 8.86. The van der Waals surface area contributed by atoms with Crippen molar-refractivity contribution in [2.45, 2.75) is 69.6 Å². The molecule has 1 N–H and O–H groups in total. The molecule has 1 saturated heterocycles. The van der Waals surface area contributed by atoms with E-state index in [1.807, 2.05) is 6.07 Å². The molecule has 2 aromatic rings. The van der Waals surface area contributed by atoms with Gasteiger partial charge < -0.3 is 4.90 Å². The van der Waals surface area contributed by atoms with E-state index in [-0.39, 0.29) is 16.7 Å². The number of aromatic amines is 1. The summed E-state index contributed by atoms with van der Waals surface area (Å²) >= 11 is 0. The van der Waals surface area contributed by atoms with Gasteiger partial charge in [0.25, 0.3) is 0 Å². The Bertz CT molecular complexity index is 848. The summed E-state index contributed by atoms with van der Waals surface area (Å²) in [6, 6.07) is 10.4. The third-order valence-corrected chi connectivity index (χ3v) is 7.37. The largest absolute Gasteiger partial charge is 0.341 e. The van der Waals surface area contributed by atoms with E-state index in [9.17, 15) is 4.79 Å². The van der Waals surface area contributed by atoms with Crippen molar-refractivity contribution in [1.82, 2.24) is 20.1 Å². The Balaban J connectivity index is 1.42. The first-order valence-corrected chi connectivity index (χ1v) is 10.9. The first kappa shape index (κ1) is 17.9. The van der Waals surface area contributed by atoms with Gasteiger partial charge in [0.1, 0.15) is 5.82 Å². The highest BCUT2D eigenvalue weighted by molar-refractivity contribution is 5.91. The van der Waals surface area contributed by atoms with E-state index in [4.69, 9.17) is 4.98 Å². The predicted octanol–water partition coefficient (Wildman–Crippen LogP) is 3.98.